The van der Waals surface area contributed by atoms with Crippen LogP contribution in [-0.2, 0) is 11.2 Å². The molecule has 1 saturated heterocycles. The molecular weight excluding hydrogens is 271 g/mol. The third-order valence-electron chi connectivity index (χ3n) is 3.70. The first-order chi connectivity index (χ1) is 10.1. The maximum Gasteiger partial charge on any atom is 0.127 e. The highest BCUT2D eigenvalue weighted by Crippen LogP contribution is 2.18. The Morgan fingerprint density at radius 3 is 2.95 bits per heavy atom. The molecule has 1 atom stereocenters. The second-order valence-corrected chi connectivity index (χ2v) is 5.73. The third-order valence-corrected chi connectivity index (χ3v) is 3.70. The average Bonchev–Trinajstić information content (AvgIpc) is 2.45. The minimum Gasteiger partial charge on any atom is -0.491 e. The van der Waals surface area contributed by atoms with Crippen LogP contribution in [0.4, 0.5) is 4.39 Å². The molecule has 0 aromatic heterocycles. The van der Waals surface area contributed by atoms with Crippen molar-refractivity contribution in [2.24, 2.45) is 5.73 Å². The van der Waals surface area contributed by atoms with Crippen LogP contribution in [0.2, 0.25) is 0 Å². The number of hydrogen-bond acceptors (Lipinski definition) is 4. The van der Waals surface area contributed by atoms with E-state index in [1.807, 2.05) is 6.07 Å². The summed E-state index contributed by atoms with van der Waals surface area (Å²) in [6.45, 7) is 7.81. The van der Waals surface area contributed by atoms with Crippen LogP contribution in [0.5, 0.6) is 5.75 Å². The molecule has 1 unspecified atom stereocenters. The summed E-state index contributed by atoms with van der Waals surface area (Å²) in [6, 6.07) is 5.25. The highest BCUT2D eigenvalue weighted by Gasteiger charge is 2.22. The van der Waals surface area contributed by atoms with Gasteiger partial charge in [0.2, 0.25) is 0 Å². The van der Waals surface area contributed by atoms with Crippen molar-refractivity contribution in [1.29, 1.82) is 0 Å². The van der Waals surface area contributed by atoms with E-state index in [0.717, 1.165) is 18.7 Å². The van der Waals surface area contributed by atoms with Gasteiger partial charge >= 0.3 is 0 Å². The minimum absolute atomic E-state index is 0.0300. The summed E-state index contributed by atoms with van der Waals surface area (Å²) in [6.07, 6.45) is 0.678. The van der Waals surface area contributed by atoms with Gasteiger partial charge in [-0.25, -0.2) is 4.39 Å². The molecule has 4 nitrogen and oxygen atoms in total. The quantitative estimate of drug-likeness (QED) is 0.870. The molecule has 1 aromatic rings. The van der Waals surface area contributed by atoms with E-state index in [2.05, 4.69) is 18.7 Å². The van der Waals surface area contributed by atoms with Gasteiger partial charge in [0.1, 0.15) is 24.3 Å². The molecule has 1 heterocycles. The van der Waals surface area contributed by atoms with E-state index in [1.165, 1.54) is 12.1 Å². The number of rotatable bonds is 6. The van der Waals surface area contributed by atoms with E-state index in [-0.39, 0.29) is 11.9 Å². The van der Waals surface area contributed by atoms with Gasteiger partial charge in [0.25, 0.3) is 0 Å². The molecule has 0 saturated carbocycles. The summed E-state index contributed by atoms with van der Waals surface area (Å²) in [7, 11) is 0. The molecule has 21 heavy (non-hydrogen) atoms. The molecule has 1 aliphatic rings. The summed E-state index contributed by atoms with van der Waals surface area (Å²) in [5.41, 5.74) is 6.37. The molecule has 1 fully saturated rings. The van der Waals surface area contributed by atoms with E-state index in [1.54, 1.807) is 0 Å². The molecule has 1 aliphatic heterocycles. The zero-order valence-electron chi connectivity index (χ0n) is 12.8. The molecule has 0 aliphatic carbocycles. The van der Waals surface area contributed by atoms with Crippen LogP contribution in [0.3, 0.4) is 0 Å². The Labute approximate surface area is 126 Å². The van der Waals surface area contributed by atoms with Crippen LogP contribution in [-0.4, -0.2) is 49.9 Å². The fraction of sp³-hybridized carbons (Fsp3) is 0.625. The van der Waals surface area contributed by atoms with Crippen molar-refractivity contribution < 1.29 is 13.9 Å². The van der Waals surface area contributed by atoms with E-state index < -0.39 is 0 Å². The predicted octanol–water partition coefficient (Wildman–Crippen LogP) is 1.81. The molecular formula is C16H25FN2O2. The summed E-state index contributed by atoms with van der Waals surface area (Å²) < 4.78 is 24.9. The second-order valence-electron chi connectivity index (χ2n) is 5.73. The predicted molar refractivity (Wildman–Crippen MR) is 81.1 cm³/mol. The molecule has 0 bridgehead atoms. The Balaban J connectivity index is 1.90. The molecule has 0 radical (unpaired) electrons. The maximum atomic E-state index is 13.5. The van der Waals surface area contributed by atoms with Gasteiger partial charge < -0.3 is 15.2 Å². The Morgan fingerprint density at radius 2 is 2.24 bits per heavy atom. The third kappa shape index (κ3) is 4.95. The van der Waals surface area contributed by atoms with Crippen LogP contribution >= 0.6 is 0 Å². The number of nitrogens with zero attached hydrogens (tertiary/aromatic N) is 1. The van der Waals surface area contributed by atoms with Crippen molar-refractivity contribution in [3.63, 3.8) is 0 Å². The van der Waals surface area contributed by atoms with Crippen LogP contribution < -0.4 is 10.5 Å². The number of morpholine rings is 1. The molecule has 118 valence electrons. The molecule has 0 amide bonds. The van der Waals surface area contributed by atoms with Gasteiger partial charge in [0.15, 0.2) is 0 Å². The fourth-order valence-corrected chi connectivity index (χ4v) is 2.52. The zero-order valence-corrected chi connectivity index (χ0v) is 12.8. The van der Waals surface area contributed by atoms with E-state index in [4.69, 9.17) is 15.2 Å². The zero-order chi connectivity index (χ0) is 15.2. The van der Waals surface area contributed by atoms with Gasteiger partial charge in [-0.2, -0.15) is 0 Å². The first kappa shape index (κ1) is 16.2. The molecule has 2 N–H and O–H groups in total. The number of halogens is 1. The van der Waals surface area contributed by atoms with E-state index in [9.17, 15) is 4.39 Å². The number of ether oxygens (including phenoxy) is 2. The number of nitrogens with two attached hydrogens (primary N) is 1. The summed E-state index contributed by atoms with van der Waals surface area (Å²) in [4.78, 5) is 2.36. The highest BCUT2D eigenvalue weighted by atomic mass is 19.1. The smallest absolute Gasteiger partial charge is 0.127 e. The second kappa shape index (κ2) is 7.73. The maximum absolute atomic E-state index is 13.5. The lowest BCUT2D eigenvalue weighted by atomic mass is 10.1. The topological polar surface area (TPSA) is 47.7 Å². The normalized spacial score (nSPS) is 20.0. The van der Waals surface area contributed by atoms with Crippen LogP contribution in [0.1, 0.15) is 19.4 Å². The van der Waals surface area contributed by atoms with Crippen molar-refractivity contribution in [3.05, 3.63) is 29.6 Å². The first-order valence-corrected chi connectivity index (χ1v) is 7.56. The lowest BCUT2D eigenvalue weighted by molar-refractivity contribution is -0.0564. The summed E-state index contributed by atoms with van der Waals surface area (Å²) in [5, 5.41) is 0. The SMILES string of the molecule is CC(C)N1CCOC(COc2cc(F)cc(CCN)c2)C1. The lowest BCUT2D eigenvalue weighted by Crippen LogP contribution is -2.47. The number of hydrogen-bond donors (Lipinski definition) is 1. The molecule has 0 spiro atoms. The monoisotopic (exact) mass is 296 g/mol. The van der Waals surface area contributed by atoms with Crippen molar-refractivity contribution in [1.82, 2.24) is 4.90 Å². The van der Waals surface area contributed by atoms with Gasteiger partial charge in [-0.15, -0.1) is 0 Å². The lowest BCUT2D eigenvalue weighted by Gasteiger charge is -2.35. The van der Waals surface area contributed by atoms with Crippen molar-refractivity contribution in [2.45, 2.75) is 32.4 Å². The van der Waals surface area contributed by atoms with E-state index >= 15 is 0 Å². The first-order valence-electron chi connectivity index (χ1n) is 7.56. The fourth-order valence-electron chi connectivity index (χ4n) is 2.52. The Morgan fingerprint density at radius 1 is 1.43 bits per heavy atom. The van der Waals surface area contributed by atoms with Crippen LogP contribution in [0.15, 0.2) is 18.2 Å². The standard InChI is InChI=1S/C16H25FN2O2/c1-12(2)19-5-6-20-16(10-19)11-21-15-8-13(3-4-18)7-14(17)9-15/h7-9,12,16H,3-6,10-11,18H2,1-2H3. The van der Waals surface area contributed by atoms with Crippen molar-refractivity contribution in [3.8, 4) is 5.75 Å². The van der Waals surface area contributed by atoms with Crippen LogP contribution in [0.25, 0.3) is 0 Å². The van der Waals surface area contributed by atoms with E-state index in [0.29, 0.717) is 38.0 Å². The van der Waals surface area contributed by atoms with Gasteiger partial charge in [-0.1, -0.05) is 0 Å². The van der Waals surface area contributed by atoms with Gasteiger partial charge in [-0.3, -0.25) is 4.90 Å². The number of benzene rings is 1. The van der Waals surface area contributed by atoms with Crippen molar-refractivity contribution in [2.75, 3.05) is 32.8 Å². The Hall–Kier alpha value is -1.17. The summed E-state index contributed by atoms with van der Waals surface area (Å²) >= 11 is 0. The van der Waals surface area contributed by atoms with Crippen molar-refractivity contribution >= 4 is 0 Å². The van der Waals surface area contributed by atoms with Gasteiger partial charge in [0.05, 0.1) is 6.61 Å². The van der Waals surface area contributed by atoms with Gasteiger partial charge in [0, 0.05) is 25.2 Å². The largest absolute Gasteiger partial charge is 0.491 e. The van der Waals surface area contributed by atoms with Gasteiger partial charge in [-0.05, 0) is 44.5 Å². The average molecular weight is 296 g/mol. The Kier molecular flexibility index (Phi) is 5.96. The highest BCUT2D eigenvalue weighted by molar-refractivity contribution is 5.29. The molecule has 1 aromatic carbocycles. The Bertz CT molecular complexity index is 454. The summed E-state index contributed by atoms with van der Waals surface area (Å²) in [5.74, 6) is 0.257. The van der Waals surface area contributed by atoms with Crippen LogP contribution in [0, 0.1) is 5.82 Å². The molecule has 5 heteroatoms. The molecule has 2 rings (SSSR count). The minimum atomic E-state index is -0.288.